The molecule has 2 unspecified atom stereocenters. The summed E-state index contributed by atoms with van der Waals surface area (Å²) in [6.45, 7) is 2.27. The number of carbonyl (C=O) groups is 1. The first-order valence-corrected chi connectivity index (χ1v) is 9.56. The Morgan fingerprint density at radius 1 is 1.04 bits per heavy atom. The summed E-state index contributed by atoms with van der Waals surface area (Å²) in [6.07, 6.45) is -0.321. The predicted octanol–water partition coefficient (Wildman–Crippen LogP) is 1.55. The summed E-state index contributed by atoms with van der Waals surface area (Å²) >= 11 is 5.92. The average molecular weight is 405 g/mol. The highest BCUT2D eigenvalue weighted by molar-refractivity contribution is 6.30. The molecule has 2 aliphatic rings. The second-order valence-corrected chi connectivity index (χ2v) is 7.22. The van der Waals surface area contributed by atoms with Crippen LogP contribution in [0.3, 0.4) is 0 Å². The van der Waals surface area contributed by atoms with Gasteiger partial charge in [0.15, 0.2) is 0 Å². The largest absolute Gasteiger partial charge is 0.367 e. The van der Waals surface area contributed by atoms with Crippen LogP contribution in [0.5, 0.6) is 0 Å². The second kappa shape index (κ2) is 8.32. The minimum Gasteiger partial charge on any atom is -0.367 e. The molecule has 2 aromatic carbocycles. The molecule has 4 rings (SSSR count). The highest BCUT2D eigenvalue weighted by Gasteiger charge is 2.36. The number of piperazine rings is 1. The molecule has 2 aliphatic heterocycles. The normalized spacial score (nSPS) is 22.4. The first-order valence-electron chi connectivity index (χ1n) is 9.18. The van der Waals surface area contributed by atoms with Crippen LogP contribution in [-0.4, -0.2) is 49.2 Å². The van der Waals surface area contributed by atoms with Crippen LogP contribution in [0.2, 0.25) is 5.02 Å². The topological polar surface area (TPSA) is 71.7 Å². The third-order valence-electron chi connectivity index (χ3n) is 5.01. The van der Waals surface area contributed by atoms with E-state index < -0.39 is 6.04 Å². The zero-order valence-corrected chi connectivity index (χ0v) is 15.9. The third kappa shape index (κ3) is 4.05. The van der Waals surface area contributed by atoms with Gasteiger partial charge < -0.3 is 15.1 Å². The summed E-state index contributed by atoms with van der Waals surface area (Å²) in [7, 11) is 0. The number of anilines is 2. The molecule has 148 valence electrons. The van der Waals surface area contributed by atoms with E-state index in [1.165, 1.54) is 6.07 Å². The van der Waals surface area contributed by atoms with E-state index in [1.807, 2.05) is 23.1 Å². The van der Waals surface area contributed by atoms with E-state index in [9.17, 15) is 9.18 Å². The van der Waals surface area contributed by atoms with Gasteiger partial charge in [-0.3, -0.25) is 4.79 Å². The van der Waals surface area contributed by atoms with Crippen molar-refractivity contribution in [1.82, 2.24) is 21.3 Å². The zero-order valence-electron chi connectivity index (χ0n) is 15.2. The quantitative estimate of drug-likeness (QED) is 0.620. The van der Waals surface area contributed by atoms with E-state index in [2.05, 4.69) is 21.7 Å². The molecule has 9 heteroatoms. The van der Waals surface area contributed by atoms with E-state index >= 15 is 0 Å². The van der Waals surface area contributed by atoms with Crippen LogP contribution in [0.4, 0.5) is 15.8 Å². The van der Waals surface area contributed by atoms with E-state index in [4.69, 9.17) is 11.6 Å². The standard InChI is InChI=1S/C19H22ClFN6O/c20-13-5-7-14(8-6-13)22-18-17(23-25-24-18)19(28)27-11-9-26(10-12-27)16-4-2-1-3-15(16)21/h1-8,17-18,22-25H,9-12H2. The Morgan fingerprint density at radius 3 is 2.46 bits per heavy atom. The first kappa shape index (κ1) is 18.9. The van der Waals surface area contributed by atoms with Crippen molar-refractivity contribution in [2.75, 3.05) is 36.4 Å². The third-order valence-corrected chi connectivity index (χ3v) is 5.26. The van der Waals surface area contributed by atoms with E-state index in [0.29, 0.717) is 36.9 Å². The summed E-state index contributed by atoms with van der Waals surface area (Å²) in [6, 6.07) is 13.5. The van der Waals surface area contributed by atoms with Crippen molar-refractivity contribution in [3.8, 4) is 0 Å². The number of rotatable bonds is 4. The van der Waals surface area contributed by atoms with Crippen LogP contribution in [0, 0.1) is 5.82 Å². The number of amides is 1. The molecule has 2 heterocycles. The van der Waals surface area contributed by atoms with Crippen LogP contribution in [-0.2, 0) is 4.79 Å². The van der Waals surface area contributed by atoms with Gasteiger partial charge in [0, 0.05) is 36.9 Å². The lowest BCUT2D eigenvalue weighted by Gasteiger charge is -2.37. The molecule has 2 aromatic rings. The lowest BCUT2D eigenvalue weighted by atomic mass is 10.1. The smallest absolute Gasteiger partial charge is 0.244 e. The fourth-order valence-corrected chi connectivity index (χ4v) is 3.61. The van der Waals surface area contributed by atoms with Crippen molar-refractivity contribution in [3.05, 3.63) is 59.4 Å². The molecule has 7 nitrogen and oxygen atoms in total. The van der Waals surface area contributed by atoms with Gasteiger partial charge in [-0.2, -0.15) is 5.53 Å². The van der Waals surface area contributed by atoms with Gasteiger partial charge in [-0.15, -0.1) is 0 Å². The lowest BCUT2D eigenvalue weighted by Crippen LogP contribution is -2.57. The molecule has 0 spiro atoms. The Bertz CT molecular complexity index is 827. The Kier molecular flexibility index (Phi) is 5.63. The molecular weight excluding hydrogens is 383 g/mol. The van der Waals surface area contributed by atoms with Gasteiger partial charge in [0.2, 0.25) is 5.91 Å². The highest BCUT2D eigenvalue weighted by atomic mass is 35.5. The van der Waals surface area contributed by atoms with Crippen molar-refractivity contribution < 1.29 is 9.18 Å². The molecule has 0 radical (unpaired) electrons. The van der Waals surface area contributed by atoms with Crippen LogP contribution >= 0.6 is 11.6 Å². The summed E-state index contributed by atoms with van der Waals surface area (Å²) in [5, 5.41) is 3.93. The van der Waals surface area contributed by atoms with Crippen LogP contribution in [0.15, 0.2) is 48.5 Å². The Morgan fingerprint density at radius 2 is 1.75 bits per heavy atom. The number of hydrogen-bond donors (Lipinski definition) is 4. The molecule has 2 fully saturated rings. The van der Waals surface area contributed by atoms with Gasteiger partial charge in [0.05, 0.1) is 5.69 Å². The molecule has 28 heavy (non-hydrogen) atoms. The summed E-state index contributed by atoms with van der Waals surface area (Å²) in [5.41, 5.74) is 10.3. The monoisotopic (exact) mass is 404 g/mol. The molecule has 0 aromatic heterocycles. The van der Waals surface area contributed by atoms with Gasteiger partial charge in [-0.25, -0.2) is 15.2 Å². The Hall–Kier alpha value is -2.39. The summed E-state index contributed by atoms with van der Waals surface area (Å²) in [5.74, 6) is -0.252. The van der Waals surface area contributed by atoms with Crippen LogP contribution in [0.25, 0.3) is 0 Å². The average Bonchev–Trinajstić information content (AvgIpc) is 3.18. The SMILES string of the molecule is O=C(C1NNNC1Nc1ccc(Cl)cc1)N1CCN(c2ccccc2F)CC1. The van der Waals surface area contributed by atoms with E-state index in [1.54, 1.807) is 29.2 Å². The maximum atomic E-state index is 14.0. The van der Waals surface area contributed by atoms with Crippen molar-refractivity contribution in [1.29, 1.82) is 0 Å². The molecule has 2 saturated heterocycles. The van der Waals surface area contributed by atoms with E-state index in [-0.39, 0.29) is 17.9 Å². The Labute approximate surface area is 167 Å². The summed E-state index contributed by atoms with van der Waals surface area (Å²) in [4.78, 5) is 16.8. The zero-order chi connectivity index (χ0) is 19.5. The van der Waals surface area contributed by atoms with Crippen molar-refractivity contribution in [2.24, 2.45) is 0 Å². The number of hydrazine groups is 2. The molecule has 1 amide bonds. The molecule has 0 aliphatic carbocycles. The van der Waals surface area contributed by atoms with Gasteiger partial charge in [0.25, 0.3) is 0 Å². The van der Waals surface area contributed by atoms with Crippen molar-refractivity contribution in [2.45, 2.75) is 12.2 Å². The number of hydrogen-bond acceptors (Lipinski definition) is 6. The van der Waals surface area contributed by atoms with E-state index in [0.717, 1.165) is 5.69 Å². The molecular formula is C19H22ClFN6O. The fourth-order valence-electron chi connectivity index (χ4n) is 3.49. The highest BCUT2D eigenvalue weighted by Crippen LogP contribution is 2.21. The maximum Gasteiger partial charge on any atom is 0.244 e. The minimum absolute atomic E-state index is 0.0165. The molecule has 0 saturated carbocycles. The molecule has 0 bridgehead atoms. The second-order valence-electron chi connectivity index (χ2n) is 6.78. The number of carbonyl (C=O) groups excluding carboxylic acids is 1. The number of nitrogens with one attached hydrogen (secondary N) is 4. The Balaban J connectivity index is 1.36. The van der Waals surface area contributed by atoms with Gasteiger partial charge in [-0.1, -0.05) is 23.7 Å². The van der Waals surface area contributed by atoms with Gasteiger partial charge in [0.1, 0.15) is 18.0 Å². The lowest BCUT2D eigenvalue weighted by molar-refractivity contribution is -0.133. The predicted molar refractivity (Wildman–Crippen MR) is 107 cm³/mol. The fraction of sp³-hybridized carbons (Fsp3) is 0.316. The van der Waals surface area contributed by atoms with Crippen LogP contribution in [0.1, 0.15) is 0 Å². The summed E-state index contributed by atoms with van der Waals surface area (Å²) < 4.78 is 14.0. The van der Waals surface area contributed by atoms with Gasteiger partial charge in [-0.05, 0) is 36.4 Å². The molecule has 4 N–H and O–H groups in total. The minimum atomic E-state index is -0.476. The number of halogens is 2. The number of nitrogens with zero attached hydrogens (tertiary/aromatic N) is 2. The van der Waals surface area contributed by atoms with Gasteiger partial charge >= 0.3 is 0 Å². The first-order chi connectivity index (χ1) is 13.6. The number of para-hydroxylation sites is 1. The molecule has 2 atom stereocenters. The maximum absolute atomic E-state index is 14.0. The van der Waals surface area contributed by atoms with Crippen molar-refractivity contribution >= 4 is 28.9 Å². The van der Waals surface area contributed by atoms with Crippen LogP contribution < -0.4 is 26.6 Å². The number of benzene rings is 2. The van der Waals surface area contributed by atoms with Crippen molar-refractivity contribution in [3.63, 3.8) is 0 Å².